The van der Waals surface area contributed by atoms with Gasteiger partial charge in [0.1, 0.15) is 5.60 Å². The van der Waals surface area contributed by atoms with Gasteiger partial charge in [-0.3, -0.25) is 9.89 Å². The minimum Gasteiger partial charge on any atom is -0.444 e. The van der Waals surface area contributed by atoms with Crippen molar-refractivity contribution in [2.45, 2.75) is 65.5 Å². The summed E-state index contributed by atoms with van der Waals surface area (Å²) in [5.41, 5.74) is -0.461. The molecule has 1 heterocycles. The van der Waals surface area contributed by atoms with Gasteiger partial charge < -0.3 is 20.7 Å². The van der Waals surface area contributed by atoms with Crippen LogP contribution in [-0.4, -0.2) is 68.4 Å². The van der Waals surface area contributed by atoms with Gasteiger partial charge in [0.2, 0.25) is 0 Å². The topological polar surface area (TPSA) is 78.0 Å². The highest BCUT2D eigenvalue weighted by atomic mass is 16.6. The van der Waals surface area contributed by atoms with E-state index in [1.807, 2.05) is 20.8 Å². The van der Waals surface area contributed by atoms with E-state index in [1.165, 1.54) is 25.9 Å². The van der Waals surface area contributed by atoms with Gasteiger partial charge in [-0.1, -0.05) is 6.92 Å². The van der Waals surface area contributed by atoms with Gasteiger partial charge in [-0.25, -0.2) is 4.79 Å². The number of alkyl carbamates (subject to hydrolysis) is 1. The number of likely N-dealkylation sites (tertiary alicyclic amines) is 1. The molecule has 1 unspecified atom stereocenters. The van der Waals surface area contributed by atoms with Crippen LogP contribution in [0.2, 0.25) is 0 Å². The first-order valence-corrected chi connectivity index (χ1v) is 9.86. The molecule has 1 saturated heterocycles. The van der Waals surface area contributed by atoms with Gasteiger partial charge in [-0.05, 0) is 66.0 Å². The number of aliphatic imine (C=N–C) groups is 1. The molecule has 1 aliphatic rings. The van der Waals surface area contributed by atoms with Crippen LogP contribution < -0.4 is 16.0 Å². The summed E-state index contributed by atoms with van der Waals surface area (Å²) in [7, 11) is 1.78. The Labute approximate surface area is 159 Å². The molecule has 0 aliphatic carbocycles. The smallest absolute Gasteiger partial charge is 0.407 e. The highest BCUT2D eigenvalue weighted by Gasteiger charge is 2.20. The molecule has 0 aromatic heterocycles. The van der Waals surface area contributed by atoms with E-state index >= 15 is 0 Å². The molecule has 1 amide bonds. The van der Waals surface area contributed by atoms with E-state index in [1.54, 1.807) is 7.05 Å². The van der Waals surface area contributed by atoms with Gasteiger partial charge >= 0.3 is 6.09 Å². The Morgan fingerprint density at radius 3 is 2.38 bits per heavy atom. The predicted molar refractivity (Wildman–Crippen MR) is 108 cm³/mol. The number of amides is 1. The number of carbonyl (C=O) groups excluding carboxylic acids is 1. The third-order valence-electron chi connectivity index (χ3n) is 4.54. The minimum absolute atomic E-state index is 0.371. The Hall–Kier alpha value is -1.50. The van der Waals surface area contributed by atoms with E-state index in [-0.39, 0.29) is 6.09 Å². The van der Waals surface area contributed by atoms with Crippen LogP contribution in [0.25, 0.3) is 0 Å². The molecule has 0 bridgehead atoms. The maximum absolute atomic E-state index is 11.6. The number of nitrogens with zero attached hydrogens (tertiary/aromatic N) is 2. The molecule has 0 aromatic carbocycles. The van der Waals surface area contributed by atoms with Crippen molar-refractivity contribution in [1.82, 2.24) is 20.9 Å². The number of carbonyl (C=O) groups is 1. The Kier molecular flexibility index (Phi) is 9.76. The average molecular weight is 370 g/mol. The average Bonchev–Trinajstić information content (AvgIpc) is 2.56. The second-order valence-corrected chi connectivity index (χ2v) is 8.23. The highest BCUT2D eigenvalue weighted by molar-refractivity contribution is 5.79. The van der Waals surface area contributed by atoms with Gasteiger partial charge in [0.05, 0.1) is 0 Å². The zero-order valence-electron chi connectivity index (χ0n) is 17.5. The molecular weight excluding hydrogens is 330 g/mol. The monoisotopic (exact) mass is 369 g/mol. The fourth-order valence-corrected chi connectivity index (χ4v) is 2.86. The lowest BCUT2D eigenvalue weighted by Crippen LogP contribution is -2.48. The summed E-state index contributed by atoms with van der Waals surface area (Å²) in [6, 6.07) is 0.495. The van der Waals surface area contributed by atoms with E-state index in [0.717, 1.165) is 31.4 Å². The fraction of sp³-hybridized carbons (Fsp3) is 0.895. The normalized spacial score (nSPS) is 18.3. The lowest BCUT2D eigenvalue weighted by Gasteiger charge is -2.35. The Bertz CT molecular complexity index is 440. The first-order valence-electron chi connectivity index (χ1n) is 9.86. The summed E-state index contributed by atoms with van der Waals surface area (Å²) in [6.07, 6.45) is 3.02. The molecule has 152 valence electrons. The van der Waals surface area contributed by atoms with E-state index < -0.39 is 5.60 Å². The molecule has 7 heteroatoms. The first-order chi connectivity index (χ1) is 12.2. The lowest BCUT2D eigenvalue weighted by atomic mass is 9.98. The molecule has 1 atom stereocenters. The summed E-state index contributed by atoms with van der Waals surface area (Å²) in [5, 5.41) is 9.44. The quantitative estimate of drug-likeness (QED) is 0.364. The van der Waals surface area contributed by atoms with Crippen LogP contribution in [0.3, 0.4) is 0 Å². The first kappa shape index (κ1) is 22.5. The Morgan fingerprint density at radius 1 is 1.19 bits per heavy atom. The van der Waals surface area contributed by atoms with Crippen molar-refractivity contribution in [3.05, 3.63) is 0 Å². The third-order valence-corrected chi connectivity index (χ3v) is 4.54. The van der Waals surface area contributed by atoms with Crippen LogP contribution in [-0.2, 0) is 4.74 Å². The van der Waals surface area contributed by atoms with Crippen LogP contribution in [0.1, 0.15) is 53.9 Å². The number of hydrogen-bond acceptors (Lipinski definition) is 4. The van der Waals surface area contributed by atoms with Gasteiger partial charge in [-0.2, -0.15) is 0 Å². The van der Waals surface area contributed by atoms with Gasteiger partial charge in [0, 0.05) is 32.7 Å². The van der Waals surface area contributed by atoms with Crippen molar-refractivity contribution in [3.8, 4) is 0 Å². The van der Waals surface area contributed by atoms with E-state index in [4.69, 9.17) is 4.74 Å². The van der Waals surface area contributed by atoms with Crippen molar-refractivity contribution >= 4 is 12.1 Å². The molecule has 0 aromatic rings. The molecular formula is C19H39N5O2. The molecule has 7 nitrogen and oxygen atoms in total. The summed E-state index contributed by atoms with van der Waals surface area (Å²) in [6.45, 7) is 14.7. The van der Waals surface area contributed by atoms with Gasteiger partial charge in [-0.15, -0.1) is 0 Å². The standard InChI is InChI=1S/C19H39N5O2/c1-15-8-12-24(13-9-15)16(2)14-23-17(20-6)21-10-7-11-22-18(25)26-19(3,4)5/h15-16H,7-14H2,1-6H3,(H,22,25)(H2,20,21,23). The van der Waals surface area contributed by atoms with Crippen molar-refractivity contribution in [2.75, 3.05) is 39.8 Å². The van der Waals surface area contributed by atoms with Gasteiger partial charge in [0.15, 0.2) is 5.96 Å². The largest absolute Gasteiger partial charge is 0.444 e. The van der Waals surface area contributed by atoms with Crippen LogP contribution in [0.4, 0.5) is 4.79 Å². The fourth-order valence-electron chi connectivity index (χ4n) is 2.86. The molecule has 3 N–H and O–H groups in total. The molecule has 1 rings (SSSR count). The summed E-state index contributed by atoms with van der Waals surface area (Å²) >= 11 is 0. The number of rotatable bonds is 7. The Balaban J connectivity index is 2.14. The lowest BCUT2D eigenvalue weighted by molar-refractivity contribution is 0.0527. The highest BCUT2D eigenvalue weighted by Crippen LogP contribution is 2.17. The third kappa shape index (κ3) is 9.85. The number of guanidine groups is 1. The zero-order valence-corrected chi connectivity index (χ0v) is 17.5. The predicted octanol–water partition coefficient (Wildman–Crippen LogP) is 2.19. The second kappa shape index (κ2) is 11.3. The van der Waals surface area contributed by atoms with Crippen LogP contribution in [0, 0.1) is 5.92 Å². The second-order valence-electron chi connectivity index (χ2n) is 8.23. The SMILES string of the molecule is CN=C(NCCCNC(=O)OC(C)(C)C)NCC(C)N1CCC(C)CC1. The maximum Gasteiger partial charge on any atom is 0.407 e. The molecule has 26 heavy (non-hydrogen) atoms. The summed E-state index contributed by atoms with van der Waals surface area (Å²) < 4.78 is 5.20. The number of piperidine rings is 1. The molecule has 0 spiro atoms. The van der Waals surface area contributed by atoms with Crippen LogP contribution >= 0.6 is 0 Å². The minimum atomic E-state index is -0.461. The van der Waals surface area contributed by atoms with Crippen molar-refractivity contribution in [1.29, 1.82) is 0 Å². The maximum atomic E-state index is 11.6. The van der Waals surface area contributed by atoms with Crippen molar-refractivity contribution < 1.29 is 9.53 Å². The van der Waals surface area contributed by atoms with Crippen LogP contribution in [0.5, 0.6) is 0 Å². The molecule has 0 radical (unpaired) electrons. The van der Waals surface area contributed by atoms with E-state index in [0.29, 0.717) is 12.6 Å². The van der Waals surface area contributed by atoms with Crippen molar-refractivity contribution in [3.63, 3.8) is 0 Å². The van der Waals surface area contributed by atoms with Crippen molar-refractivity contribution in [2.24, 2.45) is 10.9 Å². The van der Waals surface area contributed by atoms with E-state index in [9.17, 15) is 4.79 Å². The molecule has 1 fully saturated rings. The van der Waals surface area contributed by atoms with Gasteiger partial charge in [0.25, 0.3) is 0 Å². The molecule has 1 aliphatic heterocycles. The number of nitrogens with one attached hydrogen (secondary N) is 3. The Morgan fingerprint density at radius 2 is 1.81 bits per heavy atom. The molecule has 0 saturated carbocycles. The summed E-state index contributed by atoms with van der Waals surface area (Å²) in [5.74, 6) is 1.66. The van der Waals surface area contributed by atoms with E-state index in [2.05, 4.69) is 39.7 Å². The number of ether oxygens (including phenoxy) is 1. The summed E-state index contributed by atoms with van der Waals surface area (Å²) in [4.78, 5) is 18.4. The zero-order chi connectivity index (χ0) is 19.6. The van der Waals surface area contributed by atoms with Crippen LogP contribution in [0.15, 0.2) is 4.99 Å². The number of hydrogen-bond donors (Lipinski definition) is 3.